The van der Waals surface area contributed by atoms with Gasteiger partial charge in [-0.05, 0) is 0 Å². The first kappa shape index (κ1) is 9.39. The Morgan fingerprint density at radius 3 is 1.30 bits per heavy atom. The first-order valence-electron chi connectivity index (χ1n) is 3.12. The molecule has 60 valence electrons. The van der Waals surface area contributed by atoms with Crippen molar-refractivity contribution in [2.75, 3.05) is 28.2 Å². The van der Waals surface area contributed by atoms with Gasteiger partial charge in [0.2, 0.25) is 5.91 Å². The summed E-state index contributed by atoms with van der Waals surface area (Å²) < 4.78 is 0. The van der Waals surface area contributed by atoms with Gasteiger partial charge in [-0.2, -0.15) is 0 Å². The molecule has 0 N–H and O–H groups in total. The van der Waals surface area contributed by atoms with Gasteiger partial charge >= 0.3 is 0 Å². The average molecular weight is 145 g/mol. The van der Waals surface area contributed by atoms with Crippen molar-refractivity contribution < 1.29 is 4.79 Å². The Hall–Kier alpha value is -0.610. The fourth-order valence-corrected chi connectivity index (χ4v) is 0.921. The zero-order valence-electron chi connectivity index (χ0n) is 7.25. The molecule has 0 spiro atoms. The number of amides is 1. The van der Waals surface area contributed by atoms with Crippen LogP contribution in [-0.4, -0.2) is 49.2 Å². The van der Waals surface area contributed by atoms with Crippen LogP contribution in [0.4, 0.5) is 0 Å². The van der Waals surface area contributed by atoms with E-state index in [1.165, 1.54) is 12.0 Å². The molecule has 0 aliphatic rings. The summed E-state index contributed by atoms with van der Waals surface area (Å²) in [6.07, 6.45) is 0. The summed E-state index contributed by atoms with van der Waals surface area (Å²) in [5, 5.41) is 4.98. The summed E-state index contributed by atoms with van der Waals surface area (Å²) in [6, 6.07) is 0. The maximum atomic E-state index is 10.9. The van der Waals surface area contributed by atoms with E-state index >= 15 is 0 Å². The average Bonchev–Trinajstić information content (AvgIpc) is 1.59. The van der Waals surface area contributed by atoms with Crippen LogP contribution >= 0.6 is 0 Å². The number of hydrazine groups is 2. The molecular weight excluding hydrogens is 130 g/mol. The monoisotopic (exact) mass is 145 g/mol. The molecule has 0 radical (unpaired) electrons. The summed E-state index contributed by atoms with van der Waals surface area (Å²) in [5.74, 6) is 0.00926. The van der Waals surface area contributed by atoms with Crippen molar-refractivity contribution in [3.8, 4) is 0 Å². The maximum absolute atomic E-state index is 10.9. The highest BCUT2D eigenvalue weighted by molar-refractivity contribution is 5.71. The van der Waals surface area contributed by atoms with Crippen molar-refractivity contribution >= 4 is 5.91 Å². The van der Waals surface area contributed by atoms with Gasteiger partial charge in [0, 0.05) is 35.1 Å². The Bertz CT molecular complexity index is 114. The topological polar surface area (TPSA) is 26.8 Å². The van der Waals surface area contributed by atoms with E-state index in [1.807, 2.05) is 28.2 Å². The number of rotatable bonds is 2. The first-order chi connectivity index (χ1) is 4.46. The SMILES string of the molecule is CC(=O)N(N(C)C)N(C)C. The molecule has 4 heteroatoms. The van der Waals surface area contributed by atoms with Gasteiger partial charge in [0.1, 0.15) is 0 Å². The molecule has 0 aromatic carbocycles. The van der Waals surface area contributed by atoms with E-state index in [4.69, 9.17) is 0 Å². The molecule has 0 aromatic rings. The minimum atomic E-state index is 0.00926. The third kappa shape index (κ3) is 2.33. The second-order valence-electron chi connectivity index (χ2n) is 2.50. The minimum Gasteiger partial charge on any atom is -0.272 e. The minimum absolute atomic E-state index is 0.00926. The Morgan fingerprint density at radius 2 is 1.30 bits per heavy atom. The number of hydrogen-bond acceptors (Lipinski definition) is 3. The molecule has 0 aromatic heterocycles. The van der Waals surface area contributed by atoms with Gasteiger partial charge in [0.25, 0.3) is 0 Å². The molecule has 0 heterocycles. The second-order valence-corrected chi connectivity index (χ2v) is 2.50. The molecule has 0 rings (SSSR count). The van der Waals surface area contributed by atoms with Crippen molar-refractivity contribution in [2.24, 2.45) is 0 Å². The van der Waals surface area contributed by atoms with Gasteiger partial charge in [-0.15, -0.1) is 0 Å². The lowest BCUT2D eigenvalue weighted by Crippen LogP contribution is -2.49. The Kier molecular flexibility index (Phi) is 3.32. The van der Waals surface area contributed by atoms with E-state index < -0.39 is 0 Å². The maximum Gasteiger partial charge on any atom is 0.248 e. The van der Waals surface area contributed by atoms with Gasteiger partial charge in [-0.1, -0.05) is 0 Å². The molecule has 0 fully saturated rings. The predicted octanol–water partition coefficient (Wildman–Crippen LogP) is -0.212. The number of hydrogen-bond donors (Lipinski definition) is 0. The summed E-state index contributed by atoms with van der Waals surface area (Å²) >= 11 is 0. The van der Waals surface area contributed by atoms with Gasteiger partial charge in [0.05, 0.1) is 0 Å². The van der Waals surface area contributed by atoms with Crippen molar-refractivity contribution in [1.29, 1.82) is 0 Å². The molecular formula is C6H15N3O. The van der Waals surface area contributed by atoms with E-state index in [0.29, 0.717) is 0 Å². The van der Waals surface area contributed by atoms with Gasteiger partial charge in [-0.25, -0.2) is 15.1 Å². The smallest absolute Gasteiger partial charge is 0.248 e. The number of nitrogens with zero attached hydrogens (tertiary/aromatic N) is 3. The van der Waals surface area contributed by atoms with Crippen LogP contribution < -0.4 is 0 Å². The Morgan fingerprint density at radius 1 is 1.00 bits per heavy atom. The third-order valence-corrected chi connectivity index (χ3v) is 1.04. The molecule has 1 amide bonds. The van der Waals surface area contributed by atoms with Gasteiger partial charge in [0.15, 0.2) is 0 Å². The predicted molar refractivity (Wildman–Crippen MR) is 39.9 cm³/mol. The van der Waals surface area contributed by atoms with Crippen molar-refractivity contribution in [3.05, 3.63) is 0 Å². The highest BCUT2D eigenvalue weighted by Gasteiger charge is 2.12. The summed E-state index contributed by atoms with van der Waals surface area (Å²) in [6.45, 7) is 1.53. The number of carbonyl (C=O) groups excluding carboxylic acids is 1. The van der Waals surface area contributed by atoms with Crippen LogP contribution in [0.5, 0.6) is 0 Å². The van der Waals surface area contributed by atoms with Crippen molar-refractivity contribution in [3.63, 3.8) is 0 Å². The standard InChI is InChI=1S/C6H15N3O/c1-6(10)9(7(2)3)8(4)5/h1-5H3. The van der Waals surface area contributed by atoms with Crippen LogP contribution in [0.25, 0.3) is 0 Å². The fourth-order valence-electron chi connectivity index (χ4n) is 0.921. The molecule has 4 nitrogen and oxygen atoms in total. The normalized spacial score (nSPS) is 10.7. The third-order valence-electron chi connectivity index (χ3n) is 1.04. The Labute approximate surface area is 61.9 Å². The fraction of sp³-hybridized carbons (Fsp3) is 0.833. The molecule has 0 bridgehead atoms. The quantitative estimate of drug-likeness (QED) is 0.503. The molecule has 0 unspecified atom stereocenters. The van der Waals surface area contributed by atoms with Crippen molar-refractivity contribution in [2.45, 2.75) is 6.92 Å². The number of carbonyl (C=O) groups is 1. The zero-order chi connectivity index (χ0) is 8.31. The van der Waals surface area contributed by atoms with Crippen LogP contribution in [-0.2, 0) is 4.79 Å². The second kappa shape index (κ2) is 3.53. The summed E-state index contributed by atoms with van der Waals surface area (Å²) in [7, 11) is 7.28. The zero-order valence-corrected chi connectivity index (χ0v) is 7.25. The van der Waals surface area contributed by atoms with E-state index in [2.05, 4.69) is 0 Å². The lowest BCUT2D eigenvalue weighted by molar-refractivity contribution is -0.174. The van der Waals surface area contributed by atoms with Gasteiger partial charge < -0.3 is 0 Å². The molecule has 0 aliphatic carbocycles. The molecule has 0 saturated heterocycles. The van der Waals surface area contributed by atoms with Gasteiger partial charge in [-0.3, -0.25) is 4.79 Å². The lowest BCUT2D eigenvalue weighted by atomic mass is 10.7. The van der Waals surface area contributed by atoms with Crippen LogP contribution in [0.1, 0.15) is 6.92 Å². The van der Waals surface area contributed by atoms with E-state index in [1.54, 1.807) is 10.0 Å². The van der Waals surface area contributed by atoms with E-state index in [0.717, 1.165) is 0 Å². The largest absolute Gasteiger partial charge is 0.272 e. The van der Waals surface area contributed by atoms with Crippen molar-refractivity contribution in [1.82, 2.24) is 15.1 Å². The molecule has 10 heavy (non-hydrogen) atoms. The molecule has 0 aliphatic heterocycles. The summed E-state index contributed by atoms with van der Waals surface area (Å²) in [5.41, 5.74) is 0. The molecule has 0 atom stereocenters. The highest BCUT2D eigenvalue weighted by Crippen LogP contribution is 1.93. The van der Waals surface area contributed by atoms with E-state index in [-0.39, 0.29) is 5.91 Å². The van der Waals surface area contributed by atoms with Crippen LogP contribution in [0.15, 0.2) is 0 Å². The summed E-state index contributed by atoms with van der Waals surface area (Å²) in [4.78, 5) is 10.9. The first-order valence-corrected chi connectivity index (χ1v) is 3.12. The highest BCUT2D eigenvalue weighted by atomic mass is 16.2. The molecule has 0 saturated carbocycles. The Balaban J connectivity index is 4.12. The van der Waals surface area contributed by atoms with Crippen LogP contribution in [0, 0.1) is 0 Å². The van der Waals surface area contributed by atoms with E-state index in [9.17, 15) is 4.79 Å². The lowest BCUT2D eigenvalue weighted by Gasteiger charge is -2.32. The van der Waals surface area contributed by atoms with Crippen LogP contribution in [0.2, 0.25) is 0 Å². The van der Waals surface area contributed by atoms with Crippen LogP contribution in [0.3, 0.4) is 0 Å².